The van der Waals surface area contributed by atoms with E-state index in [0.29, 0.717) is 23.4 Å². The molecule has 0 aliphatic carbocycles. The summed E-state index contributed by atoms with van der Waals surface area (Å²) in [6.45, 7) is 5.81. The minimum absolute atomic E-state index is 0.0487. The van der Waals surface area contributed by atoms with E-state index in [2.05, 4.69) is 10.9 Å². The zero-order valence-electron chi connectivity index (χ0n) is 10.7. The topological polar surface area (TPSA) is 73.4 Å². The number of H-pyrrole nitrogens is 1. The number of amides is 1. The smallest absolute Gasteiger partial charge is 0.352 e. The lowest BCUT2D eigenvalue weighted by molar-refractivity contribution is 0.0690. The van der Waals surface area contributed by atoms with Gasteiger partial charge in [-0.05, 0) is 26.3 Å². The first kappa shape index (κ1) is 13.8. The average Bonchev–Trinajstić information content (AvgIpc) is 2.61. The summed E-state index contributed by atoms with van der Waals surface area (Å²) in [5.41, 5.74) is 1.43. The van der Waals surface area contributed by atoms with Crippen molar-refractivity contribution in [2.24, 2.45) is 0 Å². The van der Waals surface area contributed by atoms with Crippen LogP contribution in [0.3, 0.4) is 0 Å². The largest absolute Gasteiger partial charge is 0.477 e. The van der Waals surface area contributed by atoms with Gasteiger partial charge in [0, 0.05) is 12.2 Å². The lowest BCUT2D eigenvalue weighted by Gasteiger charge is -2.18. The number of carboxylic acid groups (broad SMARTS) is 1. The Bertz CT molecular complexity index is 523. The van der Waals surface area contributed by atoms with Gasteiger partial charge in [-0.1, -0.05) is 5.92 Å². The van der Waals surface area contributed by atoms with Gasteiger partial charge in [-0.3, -0.25) is 4.79 Å². The molecule has 0 atom stereocenters. The number of terminal acetylenes is 1. The van der Waals surface area contributed by atoms with Gasteiger partial charge in [-0.15, -0.1) is 6.42 Å². The van der Waals surface area contributed by atoms with E-state index in [0.717, 1.165) is 0 Å². The minimum atomic E-state index is -1.07. The molecule has 18 heavy (non-hydrogen) atoms. The fourth-order valence-corrected chi connectivity index (χ4v) is 1.88. The van der Waals surface area contributed by atoms with Crippen LogP contribution >= 0.6 is 0 Å². The summed E-state index contributed by atoms with van der Waals surface area (Å²) in [5, 5.41) is 9.00. The van der Waals surface area contributed by atoms with Crippen molar-refractivity contribution in [2.75, 3.05) is 13.1 Å². The van der Waals surface area contributed by atoms with Crippen LogP contribution in [0.4, 0.5) is 0 Å². The van der Waals surface area contributed by atoms with E-state index < -0.39 is 5.97 Å². The van der Waals surface area contributed by atoms with Crippen LogP contribution in [0.15, 0.2) is 0 Å². The van der Waals surface area contributed by atoms with Crippen LogP contribution in [0, 0.1) is 26.2 Å². The summed E-state index contributed by atoms with van der Waals surface area (Å²) in [5.74, 6) is 1.10. The van der Waals surface area contributed by atoms with Crippen molar-refractivity contribution in [3.05, 3.63) is 22.5 Å². The standard InChI is InChI=1S/C13H16N2O3/c1-5-7-15(6-2)12(16)10-8(3)11(13(17)18)14-9(10)4/h1,14H,6-7H2,2-4H3,(H,17,18). The molecule has 1 amide bonds. The summed E-state index contributed by atoms with van der Waals surface area (Å²) in [7, 11) is 0. The summed E-state index contributed by atoms with van der Waals surface area (Å²) >= 11 is 0. The molecule has 0 aliphatic rings. The Morgan fingerprint density at radius 1 is 1.44 bits per heavy atom. The third-order valence-corrected chi connectivity index (χ3v) is 2.82. The van der Waals surface area contributed by atoms with Crippen LogP contribution in [0.1, 0.15) is 39.0 Å². The Balaban J connectivity index is 3.21. The van der Waals surface area contributed by atoms with E-state index in [-0.39, 0.29) is 18.1 Å². The summed E-state index contributed by atoms with van der Waals surface area (Å²) in [6.07, 6.45) is 5.20. The summed E-state index contributed by atoms with van der Waals surface area (Å²) in [4.78, 5) is 27.5. The number of aromatic nitrogens is 1. The van der Waals surface area contributed by atoms with Gasteiger partial charge in [0.2, 0.25) is 0 Å². The number of rotatable bonds is 4. The minimum Gasteiger partial charge on any atom is -0.477 e. The number of carbonyl (C=O) groups is 2. The number of carbonyl (C=O) groups excluding carboxylic acids is 1. The Hall–Kier alpha value is -2.22. The van der Waals surface area contributed by atoms with Crippen LogP contribution in [-0.4, -0.2) is 40.0 Å². The normalized spacial score (nSPS) is 9.89. The van der Waals surface area contributed by atoms with Gasteiger partial charge in [0.05, 0.1) is 12.1 Å². The Labute approximate surface area is 106 Å². The number of aromatic amines is 1. The number of carboxylic acids is 1. The highest BCUT2D eigenvalue weighted by Gasteiger charge is 2.24. The number of aromatic carboxylic acids is 1. The van der Waals surface area contributed by atoms with E-state index in [1.54, 1.807) is 13.8 Å². The van der Waals surface area contributed by atoms with E-state index in [9.17, 15) is 9.59 Å². The molecule has 5 heteroatoms. The number of hydrogen-bond donors (Lipinski definition) is 2. The second-order valence-corrected chi connectivity index (χ2v) is 3.95. The van der Waals surface area contributed by atoms with Crippen molar-refractivity contribution >= 4 is 11.9 Å². The number of nitrogens with zero attached hydrogens (tertiary/aromatic N) is 1. The molecule has 1 aromatic rings. The zero-order valence-corrected chi connectivity index (χ0v) is 10.7. The summed E-state index contributed by atoms with van der Waals surface area (Å²) in [6, 6.07) is 0. The lowest BCUT2D eigenvalue weighted by atomic mass is 10.1. The van der Waals surface area contributed by atoms with Gasteiger partial charge in [-0.2, -0.15) is 0 Å². The third kappa shape index (κ3) is 2.38. The Morgan fingerprint density at radius 3 is 2.44 bits per heavy atom. The first-order valence-corrected chi connectivity index (χ1v) is 5.59. The van der Waals surface area contributed by atoms with E-state index >= 15 is 0 Å². The molecule has 0 saturated heterocycles. The van der Waals surface area contributed by atoms with Crippen molar-refractivity contribution in [2.45, 2.75) is 20.8 Å². The second-order valence-electron chi connectivity index (χ2n) is 3.95. The van der Waals surface area contributed by atoms with Gasteiger partial charge in [0.1, 0.15) is 5.69 Å². The van der Waals surface area contributed by atoms with Crippen molar-refractivity contribution in [1.29, 1.82) is 0 Å². The predicted molar refractivity (Wildman–Crippen MR) is 67.6 cm³/mol. The van der Waals surface area contributed by atoms with E-state index in [1.165, 1.54) is 4.90 Å². The molecule has 0 spiro atoms. The highest BCUT2D eigenvalue weighted by Crippen LogP contribution is 2.19. The molecule has 0 bridgehead atoms. The van der Waals surface area contributed by atoms with Crippen LogP contribution in [0.25, 0.3) is 0 Å². The zero-order chi connectivity index (χ0) is 13.9. The number of hydrogen-bond acceptors (Lipinski definition) is 2. The molecule has 0 aliphatic heterocycles. The average molecular weight is 248 g/mol. The maximum absolute atomic E-state index is 12.3. The van der Waals surface area contributed by atoms with Gasteiger partial charge in [-0.25, -0.2) is 4.79 Å². The SMILES string of the molecule is C#CCN(CC)C(=O)c1c(C)[nH]c(C(=O)O)c1C. The van der Waals surface area contributed by atoms with Crippen LogP contribution < -0.4 is 0 Å². The first-order valence-electron chi connectivity index (χ1n) is 5.59. The molecule has 2 N–H and O–H groups in total. The summed E-state index contributed by atoms with van der Waals surface area (Å²) < 4.78 is 0. The fraction of sp³-hybridized carbons (Fsp3) is 0.385. The molecule has 96 valence electrons. The van der Waals surface area contributed by atoms with Crippen LogP contribution in [-0.2, 0) is 0 Å². The highest BCUT2D eigenvalue weighted by atomic mass is 16.4. The first-order chi connectivity index (χ1) is 8.43. The molecule has 0 aromatic carbocycles. The lowest BCUT2D eigenvalue weighted by Crippen LogP contribution is -2.31. The molecular weight excluding hydrogens is 232 g/mol. The van der Waals surface area contributed by atoms with Crippen molar-refractivity contribution in [3.63, 3.8) is 0 Å². The molecule has 1 rings (SSSR count). The quantitative estimate of drug-likeness (QED) is 0.791. The van der Waals surface area contributed by atoms with Gasteiger partial charge in [0.15, 0.2) is 0 Å². The maximum atomic E-state index is 12.3. The Kier molecular flexibility index (Phi) is 4.16. The Morgan fingerprint density at radius 2 is 2.06 bits per heavy atom. The van der Waals surface area contributed by atoms with Gasteiger partial charge < -0.3 is 15.0 Å². The number of aryl methyl sites for hydroxylation is 1. The molecule has 0 unspecified atom stereocenters. The van der Waals surface area contributed by atoms with Crippen LogP contribution in [0.5, 0.6) is 0 Å². The molecule has 0 radical (unpaired) electrons. The van der Waals surface area contributed by atoms with Crippen molar-refractivity contribution in [1.82, 2.24) is 9.88 Å². The fourth-order valence-electron chi connectivity index (χ4n) is 1.88. The van der Waals surface area contributed by atoms with Crippen molar-refractivity contribution < 1.29 is 14.7 Å². The van der Waals surface area contributed by atoms with Crippen molar-refractivity contribution in [3.8, 4) is 12.3 Å². The van der Waals surface area contributed by atoms with E-state index in [4.69, 9.17) is 11.5 Å². The molecule has 5 nitrogen and oxygen atoms in total. The third-order valence-electron chi connectivity index (χ3n) is 2.82. The molecule has 1 heterocycles. The maximum Gasteiger partial charge on any atom is 0.352 e. The second kappa shape index (κ2) is 5.41. The van der Waals surface area contributed by atoms with Crippen LogP contribution in [0.2, 0.25) is 0 Å². The molecular formula is C13H16N2O3. The number of nitrogens with one attached hydrogen (secondary N) is 1. The predicted octanol–water partition coefficient (Wildman–Crippen LogP) is 1.43. The van der Waals surface area contributed by atoms with Gasteiger partial charge >= 0.3 is 5.97 Å². The van der Waals surface area contributed by atoms with E-state index in [1.807, 2.05) is 6.92 Å². The molecule has 0 saturated carbocycles. The molecule has 0 fully saturated rings. The molecule has 1 aromatic heterocycles. The highest BCUT2D eigenvalue weighted by molar-refractivity contribution is 6.00. The van der Waals surface area contributed by atoms with Gasteiger partial charge in [0.25, 0.3) is 5.91 Å². The monoisotopic (exact) mass is 248 g/mol.